The van der Waals surface area contributed by atoms with Crippen molar-refractivity contribution in [3.63, 3.8) is 0 Å². The van der Waals surface area contributed by atoms with Crippen LogP contribution in [0.1, 0.15) is 24.0 Å². The summed E-state index contributed by atoms with van der Waals surface area (Å²) in [5, 5.41) is 3.06. The van der Waals surface area contributed by atoms with Gasteiger partial charge in [-0.25, -0.2) is 0 Å². The minimum absolute atomic E-state index is 0.109. The second-order valence-corrected chi connectivity index (χ2v) is 6.54. The highest BCUT2D eigenvalue weighted by Crippen LogP contribution is 2.48. The summed E-state index contributed by atoms with van der Waals surface area (Å²) in [6.07, 6.45) is 1.83. The summed E-state index contributed by atoms with van der Waals surface area (Å²) in [6.45, 7) is 0.522. The number of amides is 1. The molecule has 1 saturated carbocycles. The Morgan fingerprint density at radius 3 is 2.59 bits per heavy atom. The van der Waals surface area contributed by atoms with Crippen molar-refractivity contribution in [3.8, 4) is 5.75 Å². The number of methoxy groups -OCH3 is 1. The summed E-state index contributed by atoms with van der Waals surface area (Å²) >= 11 is 3.43. The Morgan fingerprint density at radius 2 is 1.95 bits per heavy atom. The molecule has 3 nitrogen and oxygen atoms in total. The van der Waals surface area contributed by atoms with Gasteiger partial charge in [0.2, 0.25) is 5.91 Å². The minimum atomic E-state index is -0.334. The average molecular weight is 360 g/mol. The second kappa shape index (κ2) is 6.13. The third kappa shape index (κ3) is 3.02. The van der Waals surface area contributed by atoms with Crippen molar-refractivity contribution in [2.45, 2.75) is 24.8 Å². The van der Waals surface area contributed by atoms with E-state index in [1.165, 1.54) is 0 Å². The standard InChI is InChI=1S/C18H18BrNO2/c1-22-16-4-2-3-13(11-16)12-20-17(21)18(9-10-18)14-5-7-15(19)8-6-14/h2-8,11H,9-10,12H2,1H3,(H,20,21). The van der Waals surface area contributed by atoms with Crippen LogP contribution in [-0.2, 0) is 16.8 Å². The van der Waals surface area contributed by atoms with Crippen LogP contribution in [-0.4, -0.2) is 13.0 Å². The Hall–Kier alpha value is -1.81. The van der Waals surface area contributed by atoms with Crippen LogP contribution in [0.2, 0.25) is 0 Å². The third-order valence-electron chi connectivity index (χ3n) is 4.17. The topological polar surface area (TPSA) is 38.3 Å². The maximum absolute atomic E-state index is 12.6. The Morgan fingerprint density at radius 1 is 1.23 bits per heavy atom. The maximum Gasteiger partial charge on any atom is 0.230 e. The highest BCUT2D eigenvalue weighted by Gasteiger charge is 2.50. The van der Waals surface area contributed by atoms with Crippen molar-refractivity contribution in [1.29, 1.82) is 0 Å². The molecule has 1 fully saturated rings. The molecule has 0 aliphatic heterocycles. The van der Waals surface area contributed by atoms with Gasteiger partial charge in [0.15, 0.2) is 0 Å². The van der Waals surface area contributed by atoms with Gasteiger partial charge in [0.1, 0.15) is 5.75 Å². The van der Waals surface area contributed by atoms with E-state index in [0.29, 0.717) is 6.54 Å². The van der Waals surface area contributed by atoms with Crippen LogP contribution in [0.3, 0.4) is 0 Å². The Kier molecular flexibility index (Phi) is 4.21. The number of halogens is 1. The SMILES string of the molecule is COc1cccc(CNC(=O)C2(c3ccc(Br)cc3)CC2)c1. The van der Waals surface area contributed by atoms with Gasteiger partial charge >= 0.3 is 0 Å². The van der Waals surface area contributed by atoms with Crippen LogP contribution in [0, 0.1) is 0 Å². The summed E-state index contributed by atoms with van der Waals surface area (Å²) < 4.78 is 6.24. The zero-order valence-corrected chi connectivity index (χ0v) is 14.0. The average Bonchev–Trinajstić information content (AvgIpc) is 3.35. The third-order valence-corrected chi connectivity index (χ3v) is 4.70. The number of hydrogen-bond donors (Lipinski definition) is 1. The molecular formula is C18H18BrNO2. The van der Waals surface area contributed by atoms with Gasteiger partial charge in [0.25, 0.3) is 0 Å². The molecule has 0 bridgehead atoms. The molecule has 0 heterocycles. The quantitative estimate of drug-likeness (QED) is 0.881. The lowest BCUT2D eigenvalue weighted by Gasteiger charge is -2.16. The fourth-order valence-corrected chi connectivity index (χ4v) is 2.94. The predicted octanol–water partition coefficient (Wildman–Crippen LogP) is 3.81. The van der Waals surface area contributed by atoms with Crippen LogP contribution >= 0.6 is 15.9 Å². The Bertz CT molecular complexity index is 678. The van der Waals surface area contributed by atoms with Gasteiger partial charge < -0.3 is 10.1 Å². The molecule has 4 heteroatoms. The van der Waals surface area contributed by atoms with Crippen molar-refractivity contribution in [1.82, 2.24) is 5.32 Å². The van der Waals surface area contributed by atoms with E-state index in [4.69, 9.17) is 4.74 Å². The van der Waals surface area contributed by atoms with Crippen molar-refractivity contribution < 1.29 is 9.53 Å². The molecule has 2 aromatic carbocycles. The summed E-state index contributed by atoms with van der Waals surface area (Å²) in [6, 6.07) is 15.8. The van der Waals surface area contributed by atoms with Crippen LogP contribution in [0.15, 0.2) is 53.0 Å². The van der Waals surface area contributed by atoms with Gasteiger partial charge in [-0.1, -0.05) is 40.2 Å². The number of nitrogens with one attached hydrogen (secondary N) is 1. The molecule has 2 aromatic rings. The fraction of sp³-hybridized carbons (Fsp3) is 0.278. The van der Waals surface area contributed by atoms with Crippen molar-refractivity contribution in [2.24, 2.45) is 0 Å². The molecule has 0 spiro atoms. The van der Waals surface area contributed by atoms with Crippen LogP contribution in [0.4, 0.5) is 0 Å². The van der Waals surface area contributed by atoms with Gasteiger partial charge in [0.05, 0.1) is 12.5 Å². The van der Waals surface area contributed by atoms with Crippen molar-refractivity contribution >= 4 is 21.8 Å². The first-order valence-corrected chi connectivity index (χ1v) is 8.11. The molecule has 0 unspecified atom stereocenters. The molecular weight excluding hydrogens is 342 g/mol. The Labute approximate surface area is 138 Å². The first kappa shape index (κ1) is 15.1. The molecule has 22 heavy (non-hydrogen) atoms. The lowest BCUT2D eigenvalue weighted by Crippen LogP contribution is -2.34. The molecule has 0 atom stereocenters. The van der Waals surface area contributed by atoms with Crippen LogP contribution in [0.5, 0.6) is 5.75 Å². The van der Waals surface area contributed by atoms with Gasteiger partial charge in [-0.05, 0) is 48.2 Å². The lowest BCUT2D eigenvalue weighted by atomic mass is 9.95. The summed E-state index contributed by atoms with van der Waals surface area (Å²) in [4.78, 5) is 12.6. The number of benzene rings is 2. The maximum atomic E-state index is 12.6. The zero-order valence-electron chi connectivity index (χ0n) is 12.4. The van der Waals surface area contributed by atoms with E-state index in [1.807, 2.05) is 48.5 Å². The number of rotatable bonds is 5. The molecule has 1 aliphatic carbocycles. The van der Waals surface area contributed by atoms with E-state index in [2.05, 4.69) is 21.2 Å². The van der Waals surface area contributed by atoms with Crippen LogP contribution < -0.4 is 10.1 Å². The minimum Gasteiger partial charge on any atom is -0.497 e. The Balaban J connectivity index is 1.68. The van der Waals surface area contributed by atoms with Crippen molar-refractivity contribution in [2.75, 3.05) is 7.11 Å². The molecule has 1 amide bonds. The molecule has 1 aliphatic rings. The summed E-state index contributed by atoms with van der Waals surface area (Å²) in [7, 11) is 1.64. The van der Waals surface area contributed by atoms with E-state index in [1.54, 1.807) is 7.11 Å². The number of carbonyl (C=O) groups excluding carboxylic acids is 1. The molecule has 0 radical (unpaired) electrons. The van der Waals surface area contributed by atoms with Gasteiger partial charge in [0, 0.05) is 11.0 Å². The highest BCUT2D eigenvalue weighted by molar-refractivity contribution is 9.10. The molecule has 1 N–H and O–H groups in total. The monoisotopic (exact) mass is 359 g/mol. The van der Waals surface area contributed by atoms with Gasteiger partial charge in [-0.2, -0.15) is 0 Å². The number of carbonyl (C=O) groups is 1. The van der Waals surface area contributed by atoms with Gasteiger partial charge in [-0.3, -0.25) is 4.79 Å². The lowest BCUT2D eigenvalue weighted by molar-refractivity contribution is -0.123. The second-order valence-electron chi connectivity index (χ2n) is 5.62. The predicted molar refractivity (Wildman–Crippen MR) is 89.9 cm³/mol. The van der Waals surface area contributed by atoms with Gasteiger partial charge in [-0.15, -0.1) is 0 Å². The van der Waals surface area contributed by atoms with Crippen LogP contribution in [0.25, 0.3) is 0 Å². The van der Waals surface area contributed by atoms with E-state index in [0.717, 1.165) is 34.2 Å². The molecule has 0 aromatic heterocycles. The fourth-order valence-electron chi connectivity index (χ4n) is 2.67. The zero-order chi connectivity index (χ0) is 15.6. The summed E-state index contributed by atoms with van der Waals surface area (Å²) in [5.74, 6) is 0.915. The molecule has 0 saturated heterocycles. The normalized spacial score (nSPS) is 15.2. The van der Waals surface area contributed by atoms with E-state index >= 15 is 0 Å². The number of hydrogen-bond acceptors (Lipinski definition) is 2. The molecule has 3 rings (SSSR count). The van der Waals surface area contributed by atoms with E-state index in [-0.39, 0.29) is 11.3 Å². The van der Waals surface area contributed by atoms with E-state index < -0.39 is 0 Å². The highest BCUT2D eigenvalue weighted by atomic mass is 79.9. The number of ether oxygens (including phenoxy) is 1. The first-order chi connectivity index (χ1) is 10.6. The first-order valence-electron chi connectivity index (χ1n) is 7.31. The van der Waals surface area contributed by atoms with Crippen molar-refractivity contribution in [3.05, 3.63) is 64.1 Å². The van der Waals surface area contributed by atoms with E-state index in [9.17, 15) is 4.79 Å². The molecule has 114 valence electrons. The summed E-state index contributed by atoms with van der Waals surface area (Å²) in [5.41, 5.74) is 1.80. The largest absolute Gasteiger partial charge is 0.497 e. The smallest absolute Gasteiger partial charge is 0.230 e.